The van der Waals surface area contributed by atoms with E-state index in [-0.39, 0.29) is 18.1 Å². The molecule has 35 heavy (non-hydrogen) atoms. The van der Waals surface area contributed by atoms with Gasteiger partial charge in [0.15, 0.2) is 0 Å². The fourth-order valence-corrected chi connectivity index (χ4v) is 4.40. The fraction of sp³-hybridized carbons (Fsp3) is 0.240. The van der Waals surface area contributed by atoms with E-state index < -0.39 is 18.5 Å². The normalized spacial score (nSPS) is 11.9. The number of hydrogen-bond acceptors (Lipinski definition) is 6. The minimum atomic E-state index is -1.02. The number of benzene rings is 1. The largest absolute Gasteiger partial charge is 0.477 e. The molecule has 0 unspecified atom stereocenters. The van der Waals surface area contributed by atoms with E-state index in [1.165, 1.54) is 4.68 Å². The van der Waals surface area contributed by atoms with Crippen molar-refractivity contribution in [1.82, 2.24) is 25.1 Å². The Morgan fingerprint density at radius 1 is 1.09 bits per heavy atom. The zero-order valence-corrected chi connectivity index (χ0v) is 19.6. The van der Waals surface area contributed by atoms with Crippen LogP contribution in [0.3, 0.4) is 0 Å². The number of carbonyl (C=O) groups excluding carboxylic acids is 1. The van der Waals surface area contributed by atoms with Crippen molar-refractivity contribution in [3.05, 3.63) is 65.6 Å². The number of carboxylic acids is 1. The van der Waals surface area contributed by atoms with Crippen LogP contribution in [0, 0.1) is 0 Å². The minimum absolute atomic E-state index is 0. The molecule has 5 rings (SSSR count). The van der Waals surface area contributed by atoms with Crippen LogP contribution < -0.4 is 5.32 Å². The number of halogens is 1. The standard InChI is InChI=1S/C25H23N5O4.ClH/c31-14-22(32)26-8-3-9-30-24(25(33)34)18-7-6-16-12-28-21(11-19(16)23(18)29-30)17-10-15-4-1-2-5-20(15)27-13-17;/h1-2,4-5,10-13,31H,3,6-9,14H2,(H,26,32)(H,33,34);1H. The van der Waals surface area contributed by atoms with Crippen molar-refractivity contribution < 1.29 is 19.8 Å². The summed E-state index contributed by atoms with van der Waals surface area (Å²) in [5.41, 5.74) is 6.01. The number of aromatic carboxylic acids is 1. The molecule has 4 aromatic rings. The molecule has 10 heteroatoms. The van der Waals surface area contributed by atoms with Gasteiger partial charge in [-0.3, -0.25) is 19.4 Å². The second kappa shape index (κ2) is 10.2. The lowest BCUT2D eigenvalue weighted by molar-refractivity contribution is -0.123. The average molecular weight is 494 g/mol. The predicted octanol–water partition coefficient (Wildman–Crippen LogP) is 2.88. The van der Waals surface area contributed by atoms with Crippen molar-refractivity contribution >= 4 is 35.2 Å². The van der Waals surface area contributed by atoms with Crippen LogP contribution >= 0.6 is 12.4 Å². The molecular formula is C25H24ClN5O4. The van der Waals surface area contributed by atoms with Crippen molar-refractivity contribution in [2.24, 2.45) is 0 Å². The minimum Gasteiger partial charge on any atom is -0.477 e. The molecular weight excluding hydrogens is 470 g/mol. The van der Waals surface area contributed by atoms with E-state index in [1.54, 1.807) is 6.20 Å². The predicted molar refractivity (Wildman–Crippen MR) is 133 cm³/mol. The van der Waals surface area contributed by atoms with Crippen LogP contribution in [0.2, 0.25) is 0 Å². The summed E-state index contributed by atoms with van der Waals surface area (Å²) in [5, 5.41) is 27.0. The molecule has 0 fully saturated rings. The summed E-state index contributed by atoms with van der Waals surface area (Å²) in [6, 6.07) is 11.9. The topological polar surface area (TPSA) is 130 Å². The first kappa shape index (κ1) is 24.3. The van der Waals surface area contributed by atoms with Gasteiger partial charge >= 0.3 is 5.97 Å². The Hall–Kier alpha value is -3.82. The Morgan fingerprint density at radius 2 is 1.91 bits per heavy atom. The average Bonchev–Trinajstić information content (AvgIpc) is 3.25. The van der Waals surface area contributed by atoms with Gasteiger partial charge in [0, 0.05) is 47.6 Å². The third-order valence-corrected chi connectivity index (χ3v) is 6.04. The number of hydrogen-bond donors (Lipinski definition) is 3. The summed E-state index contributed by atoms with van der Waals surface area (Å²) in [5.74, 6) is -1.49. The first-order valence-electron chi connectivity index (χ1n) is 11.1. The lowest BCUT2D eigenvalue weighted by Crippen LogP contribution is -2.28. The van der Waals surface area contributed by atoms with Crippen LogP contribution in [0.15, 0.2) is 48.8 Å². The molecule has 180 valence electrons. The molecule has 0 atom stereocenters. The number of para-hydroxylation sites is 1. The number of pyridine rings is 2. The number of aliphatic hydroxyl groups excluding tert-OH is 1. The summed E-state index contributed by atoms with van der Waals surface area (Å²) >= 11 is 0. The number of aromatic nitrogens is 4. The van der Waals surface area contributed by atoms with Crippen molar-refractivity contribution in [3.8, 4) is 22.5 Å². The highest BCUT2D eigenvalue weighted by atomic mass is 35.5. The molecule has 0 saturated heterocycles. The van der Waals surface area contributed by atoms with Crippen molar-refractivity contribution in [1.29, 1.82) is 0 Å². The molecule has 0 saturated carbocycles. The molecule has 9 nitrogen and oxygen atoms in total. The molecule has 0 aliphatic heterocycles. The Balaban J connectivity index is 0.00000289. The van der Waals surface area contributed by atoms with E-state index >= 15 is 0 Å². The van der Waals surface area contributed by atoms with Gasteiger partial charge in [0.1, 0.15) is 12.3 Å². The number of amides is 1. The first-order valence-corrected chi connectivity index (χ1v) is 11.1. The Labute approximate surface area is 207 Å². The highest BCUT2D eigenvalue weighted by Crippen LogP contribution is 2.36. The molecule has 0 radical (unpaired) electrons. The zero-order chi connectivity index (χ0) is 23.7. The lowest BCUT2D eigenvalue weighted by Gasteiger charge is -2.16. The number of carbonyl (C=O) groups is 2. The third-order valence-electron chi connectivity index (χ3n) is 6.04. The van der Waals surface area contributed by atoms with Gasteiger partial charge in [-0.2, -0.15) is 5.10 Å². The van der Waals surface area contributed by atoms with E-state index in [0.717, 1.165) is 33.3 Å². The van der Waals surface area contributed by atoms with E-state index in [9.17, 15) is 14.7 Å². The molecule has 1 aliphatic carbocycles. The highest BCUT2D eigenvalue weighted by molar-refractivity contribution is 5.91. The molecule has 1 aliphatic rings. The van der Waals surface area contributed by atoms with Crippen LogP contribution in [-0.2, 0) is 24.2 Å². The number of aryl methyl sites for hydroxylation is 2. The molecule has 0 spiro atoms. The molecule has 3 aromatic heterocycles. The van der Waals surface area contributed by atoms with Gasteiger partial charge in [0.2, 0.25) is 5.91 Å². The maximum absolute atomic E-state index is 12.1. The van der Waals surface area contributed by atoms with Gasteiger partial charge in [-0.05, 0) is 43.0 Å². The van der Waals surface area contributed by atoms with Gasteiger partial charge in [0.05, 0.1) is 16.9 Å². The van der Waals surface area contributed by atoms with Crippen LogP contribution in [-0.4, -0.2) is 55.0 Å². The van der Waals surface area contributed by atoms with Gasteiger partial charge in [0.25, 0.3) is 0 Å². The monoisotopic (exact) mass is 493 g/mol. The second-order valence-electron chi connectivity index (χ2n) is 8.21. The number of nitrogens with one attached hydrogen (secondary N) is 1. The molecule has 1 aromatic carbocycles. The van der Waals surface area contributed by atoms with Crippen LogP contribution in [0.4, 0.5) is 0 Å². The smallest absolute Gasteiger partial charge is 0.354 e. The number of fused-ring (bicyclic) bond motifs is 4. The molecule has 3 N–H and O–H groups in total. The fourth-order valence-electron chi connectivity index (χ4n) is 4.40. The van der Waals surface area contributed by atoms with E-state index in [4.69, 9.17) is 5.11 Å². The van der Waals surface area contributed by atoms with Crippen LogP contribution in [0.1, 0.15) is 28.0 Å². The number of carboxylic acid groups (broad SMARTS) is 1. The summed E-state index contributed by atoms with van der Waals surface area (Å²) < 4.78 is 1.50. The molecule has 3 heterocycles. The Morgan fingerprint density at radius 3 is 2.71 bits per heavy atom. The maximum atomic E-state index is 12.1. The number of nitrogens with zero attached hydrogens (tertiary/aromatic N) is 4. The van der Waals surface area contributed by atoms with Crippen molar-refractivity contribution in [2.75, 3.05) is 13.2 Å². The second-order valence-corrected chi connectivity index (χ2v) is 8.21. The van der Waals surface area contributed by atoms with Crippen LogP contribution in [0.25, 0.3) is 33.4 Å². The highest BCUT2D eigenvalue weighted by Gasteiger charge is 2.28. The van der Waals surface area contributed by atoms with Gasteiger partial charge in [-0.1, -0.05) is 18.2 Å². The van der Waals surface area contributed by atoms with E-state index in [1.807, 2.05) is 42.6 Å². The first-order chi connectivity index (χ1) is 16.5. The summed E-state index contributed by atoms with van der Waals surface area (Å²) in [7, 11) is 0. The summed E-state index contributed by atoms with van der Waals surface area (Å²) in [6.07, 6.45) is 5.38. The third kappa shape index (κ3) is 4.73. The van der Waals surface area contributed by atoms with Crippen LogP contribution in [0.5, 0.6) is 0 Å². The lowest BCUT2D eigenvalue weighted by atomic mass is 9.89. The van der Waals surface area contributed by atoms with E-state index in [0.29, 0.717) is 43.6 Å². The van der Waals surface area contributed by atoms with Crippen molar-refractivity contribution in [3.63, 3.8) is 0 Å². The Bertz CT molecular complexity index is 1420. The van der Waals surface area contributed by atoms with Gasteiger partial charge in [-0.25, -0.2) is 4.79 Å². The molecule has 1 amide bonds. The molecule has 0 bridgehead atoms. The maximum Gasteiger partial charge on any atom is 0.354 e. The quantitative estimate of drug-likeness (QED) is 0.337. The number of rotatable bonds is 7. The zero-order valence-electron chi connectivity index (χ0n) is 18.8. The van der Waals surface area contributed by atoms with Gasteiger partial charge < -0.3 is 15.5 Å². The number of aliphatic hydroxyl groups is 1. The Kier molecular flexibility index (Phi) is 7.09. The SMILES string of the molecule is Cl.O=C(CO)NCCCn1nc2c(c1C(=O)O)CCc1cnc(-c3cnc4ccccc4c3)cc1-2. The van der Waals surface area contributed by atoms with Gasteiger partial charge in [-0.15, -0.1) is 12.4 Å². The van der Waals surface area contributed by atoms with Crippen molar-refractivity contribution in [2.45, 2.75) is 25.8 Å². The summed E-state index contributed by atoms with van der Waals surface area (Å²) in [6.45, 7) is 0.0845. The summed E-state index contributed by atoms with van der Waals surface area (Å²) in [4.78, 5) is 32.5. The van der Waals surface area contributed by atoms with E-state index in [2.05, 4.69) is 20.4 Å².